The number of benzene rings is 2. The Labute approximate surface area is 151 Å². The third-order valence-corrected chi connectivity index (χ3v) is 14.9. The third kappa shape index (κ3) is 4.49. The summed E-state index contributed by atoms with van der Waals surface area (Å²) >= 11 is 0. The smallest absolute Gasteiger partial charge is 0.0453 e. The summed E-state index contributed by atoms with van der Waals surface area (Å²) in [5, 5.41) is 0.850. The van der Waals surface area contributed by atoms with Crippen molar-refractivity contribution in [3.05, 3.63) is 71.8 Å². The number of hydrogen-bond acceptors (Lipinski definition) is 0. The van der Waals surface area contributed by atoms with E-state index < -0.39 is 16.1 Å². The van der Waals surface area contributed by atoms with Crippen LogP contribution in [0.3, 0.4) is 0 Å². The van der Waals surface area contributed by atoms with E-state index in [1.54, 1.807) is 0 Å². The Balaban J connectivity index is 2.58. The lowest BCUT2D eigenvalue weighted by atomic mass is 9.83. The van der Waals surface area contributed by atoms with Gasteiger partial charge in [0, 0.05) is 16.1 Å². The fourth-order valence-corrected chi connectivity index (χ4v) is 18.3. The van der Waals surface area contributed by atoms with Crippen LogP contribution in [0.4, 0.5) is 0 Å². The molecule has 2 rings (SSSR count). The lowest BCUT2D eigenvalue weighted by Crippen LogP contribution is -2.48. The van der Waals surface area contributed by atoms with Crippen molar-refractivity contribution < 1.29 is 0 Å². The standard InChI is InChI=1S/C22H34Si2/c1-18(19-14-10-8-11-15-19)21(20-16-12-9-13-17-20)22(23(2,3)4)24(5,6)7/h8-18,21-22H,1-7H3. The van der Waals surface area contributed by atoms with E-state index in [-0.39, 0.29) is 0 Å². The van der Waals surface area contributed by atoms with Crippen molar-refractivity contribution in [1.82, 2.24) is 0 Å². The monoisotopic (exact) mass is 354 g/mol. The lowest BCUT2D eigenvalue weighted by Gasteiger charge is -2.46. The molecule has 0 aliphatic heterocycles. The van der Waals surface area contributed by atoms with Crippen LogP contribution in [0.25, 0.3) is 0 Å². The van der Waals surface area contributed by atoms with Gasteiger partial charge in [0.15, 0.2) is 0 Å². The Hall–Kier alpha value is -1.13. The number of hydrogen-bond donors (Lipinski definition) is 0. The van der Waals surface area contributed by atoms with E-state index in [0.717, 1.165) is 5.16 Å². The molecule has 0 aliphatic rings. The van der Waals surface area contributed by atoms with Crippen molar-refractivity contribution in [2.45, 2.75) is 63.2 Å². The first kappa shape index (κ1) is 19.2. The van der Waals surface area contributed by atoms with Crippen molar-refractivity contribution in [2.75, 3.05) is 0 Å². The fourth-order valence-electron chi connectivity index (χ4n) is 4.79. The molecule has 0 bridgehead atoms. The van der Waals surface area contributed by atoms with Crippen molar-refractivity contribution in [2.24, 2.45) is 0 Å². The molecule has 24 heavy (non-hydrogen) atoms. The topological polar surface area (TPSA) is 0 Å². The lowest BCUT2D eigenvalue weighted by molar-refractivity contribution is 0.585. The summed E-state index contributed by atoms with van der Waals surface area (Å²) in [4.78, 5) is 0. The van der Waals surface area contributed by atoms with Gasteiger partial charge in [-0.3, -0.25) is 0 Å². The molecule has 2 aromatic carbocycles. The van der Waals surface area contributed by atoms with Gasteiger partial charge in [-0.1, -0.05) is 107 Å². The normalized spacial score (nSPS) is 15.3. The summed E-state index contributed by atoms with van der Waals surface area (Å²) in [7, 11) is -2.60. The van der Waals surface area contributed by atoms with Gasteiger partial charge in [-0.25, -0.2) is 0 Å². The van der Waals surface area contributed by atoms with Crippen molar-refractivity contribution in [1.29, 1.82) is 0 Å². The molecule has 0 saturated heterocycles. The second-order valence-electron chi connectivity index (χ2n) is 9.35. The van der Waals surface area contributed by atoms with Gasteiger partial charge in [-0.05, 0) is 28.1 Å². The third-order valence-electron chi connectivity index (χ3n) is 5.27. The van der Waals surface area contributed by atoms with Crippen LogP contribution in [0, 0.1) is 0 Å². The van der Waals surface area contributed by atoms with Gasteiger partial charge in [0.1, 0.15) is 0 Å². The Kier molecular flexibility index (Phi) is 5.93. The van der Waals surface area contributed by atoms with Gasteiger partial charge in [0.25, 0.3) is 0 Å². The maximum Gasteiger partial charge on any atom is 0.0453 e. The zero-order valence-corrected chi connectivity index (χ0v) is 18.5. The van der Waals surface area contributed by atoms with E-state index in [4.69, 9.17) is 0 Å². The van der Waals surface area contributed by atoms with Crippen LogP contribution in [-0.2, 0) is 0 Å². The molecule has 0 amide bonds. The quantitative estimate of drug-likeness (QED) is 0.483. The van der Waals surface area contributed by atoms with E-state index in [0.29, 0.717) is 11.8 Å². The molecular weight excluding hydrogens is 320 g/mol. The predicted molar refractivity (Wildman–Crippen MR) is 114 cm³/mol. The zero-order valence-electron chi connectivity index (χ0n) is 16.5. The Morgan fingerprint density at radius 3 is 1.33 bits per heavy atom. The molecule has 0 aliphatic carbocycles. The molecule has 130 valence electrons. The maximum absolute atomic E-state index is 2.57. The van der Waals surface area contributed by atoms with Gasteiger partial charge in [0.05, 0.1) is 0 Å². The van der Waals surface area contributed by atoms with Crippen molar-refractivity contribution in [3.63, 3.8) is 0 Å². The van der Waals surface area contributed by atoms with E-state index in [1.165, 1.54) is 11.1 Å². The number of rotatable bonds is 6. The highest BCUT2D eigenvalue weighted by Crippen LogP contribution is 2.50. The molecule has 2 unspecified atom stereocenters. The molecule has 0 heterocycles. The van der Waals surface area contributed by atoms with Gasteiger partial charge in [-0.15, -0.1) is 0 Å². The average Bonchev–Trinajstić information content (AvgIpc) is 2.51. The van der Waals surface area contributed by atoms with Crippen LogP contribution in [0.1, 0.15) is 29.9 Å². The summed E-state index contributed by atoms with van der Waals surface area (Å²) in [5.41, 5.74) is 3.01. The molecule has 0 fully saturated rings. The summed E-state index contributed by atoms with van der Waals surface area (Å²) in [6.45, 7) is 17.9. The first-order valence-electron chi connectivity index (χ1n) is 9.22. The summed E-state index contributed by atoms with van der Waals surface area (Å²) < 4.78 is 0. The summed E-state index contributed by atoms with van der Waals surface area (Å²) in [6.07, 6.45) is 0. The highest BCUT2D eigenvalue weighted by atomic mass is 28.4. The largest absolute Gasteiger partial charge is 0.0695 e. The minimum absolute atomic E-state index is 0.553. The van der Waals surface area contributed by atoms with Crippen LogP contribution in [0.5, 0.6) is 0 Å². The minimum Gasteiger partial charge on any atom is -0.0695 e. The van der Waals surface area contributed by atoms with Gasteiger partial charge in [-0.2, -0.15) is 0 Å². The molecule has 0 aromatic heterocycles. The van der Waals surface area contributed by atoms with Crippen LogP contribution >= 0.6 is 0 Å². The van der Waals surface area contributed by atoms with E-state index >= 15 is 0 Å². The van der Waals surface area contributed by atoms with Crippen LogP contribution < -0.4 is 0 Å². The Bertz CT molecular complexity index is 607. The highest BCUT2D eigenvalue weighted by molar-refractivity contribution is 6.96. The van der Waals surface area contributed by atoms with Crippen molar-refractivity contribution >= 4 is 16.1 Å². The maximum atomic E-state index is 2.57. The van der Waals surface area contributed by atoms with Crippen LogP contribution in [0.2, 0.25) is 44.4 Å². The minimum atomic E-state index is -1.30. The molecule has 0 nitrogen and oxygen atoms in total. The fraction of sp³-hybridized carbons (Fsp3) is 0.455. The molecule has 0 spiro atoms. The molecule has 2 atom stereocenters. The second kappa shape index (κ2) is 7.41. The molecule has 0 saturated carbocycles. The van der Waals surface area contributed by atoms with Gasteiger partial charge < -0.3 is 0 Å². The van der Waals surface area contributed by atoms with Crippen LogP contribution in [0.15, 0.2) is 60.7 Å². The molecule has 2 aromatic rings. The van der Waals surface area contributed by atoms with E-state index in [2.05, 4.69) is 107 Å². The summed E-state index contributed by atoms with van der Waals surface area (Å²) in [6, 6.07) is 22.4. The molecule has 2 heteroatoms. The van der Waals surface area contributed by atoms with Gasteiger partial charge >= 0.3 is 0 Å². The molecule has 0 N–H and O–H groups in total. The average molecular weight is 355 g/mol. The SMILES string of the molecule is CC(c1ccccc1)C(c1ccccc1)C([Si](C)(C)C)[Si](C)(C)C. The van der Waals surface area contributed by atoms with E-state index in [9.17, 15) is 0 Å². The first-order valence-corrected chi connectivity index (χ1v) is 16.4. The summed E-state index contributed by atoms with van der Waals surface area (Å²) in [5.74, 6) is 1.17. The second-order valence-corrected chi connectivity index (χ2v) is 20.6. The first-order chi connectivity index (χ1) is 11.1. The Morgan fingerprint density at radius 1 is 0.583 bits per heavy atom. The van der Waals surface area contributed by atoms with E-state index in [1.807, 2.05) is 0 Å². The van der Waals surface area contributed by atoms with Gasteiger partial charge in [0.2, 0.25) is 0 Å². The zero-order chi connectivity index (χ0) is 18.0. The van der Waals surface area contributed by atoms with Crippen molar-refractivity contribution in [3.8, 4) is 0 Å². The molecular formula is C22H34Si2. The highest BCUT2D eigenvalue weighted by Gasteiger charge is 2.45. The predicted octanol–water partition coefficient (Wildman–Crippen LogP) is 7.16. The van der Waals surface area contributed by atoms with Crippen LogP contribution in [-0.4, -0.2) is 16.1 Å². The Morgan fingerprint density at radius 2 is 0.958 bits per heavy atom. The molecule has 0 radical (unpaired) electrons.